The number of methoxy groups -OCH3 is 3. The maximum Gasteiger partial charge on any atom is 0.168 e. The van der Waals surface area contributed by atoms with Gasteiger partial charge in [-0.3, -0.25) is 4.90 Å². The zero-order chi connectivity index (χ0) is 17.7. The molecule has 1 heterocycles. The lowest BCUT2D eigenvalue weighted by Gasteiger charge is -2.40. The van der Waals surface area contributed by atoms with Gasteiger partial charge in [0.15, 0.2) is 23.0 Å². The van der Waals surface area contributed by atoms with E-state index in [-0.39, 0.29) is 5.75 Å². The minimum Gasteiger partial charge on any atom is -0.504 e. The minimum absolute atomic E-state index is 0.141. The maximum absolute atomic E-state index is 10.3. The van der Waals surface area contributed by atoms with Gasteiger partial charge in [0.05, 0.1) is 21.3 Å². The molecule has 1 aliphatic carbocycles. The van der Waals surface area contributed by atoms with E-state index in [1.165, 1.54) is 11.1 Å². The van der Waals surface area contributed by atoms with Gasteiger partial charge in [-0.05, 0) is 60.3 Å². The summed E-state index contributed by atoms with van der Waals surface area (Å²) in [6.07, 6.45) is 1.87. The Morgan fingerprint density at radius 1 is 1.00 bits per heavy atom. The highest BCUT2D eigenvalue weighted by Gasteiger charge is 2.36. The molecule has 1 N–H and O–H groups in total. The fraction of sp³-hybridized carbons (Fsp3) is 0.400. The van der Waals surface area contributed by atoms with Crippen LogP contribution in [0.2, 0.25) is 0 Å². The van der Waals surface area contributed by atoms with Crippen LogP contribution in [0.15, 0.2) is 18.2 Å². The molecule has 1 aliphatic heterocycles. The van der Waals surface area contributed by atoms with E-state index >= 15 is 0 Å². The maximum atomic E-state index is 10.3. The van der Waals surface area contributed by atoms with Crippen molar-refractivity contribution < 1.29 is 19.3 Å². The summed E-state index contributed by atoms with van der Waals surface area (Å²) in [5.41, 5.74) is 5.78. The molecule has 0 amide bonds. The highest BCUT2D eigenvalue weighted by atomic mass is 16.5. The normalized spacial score (nSPS) is 18.3. The van der Waals surface area contributed by atoms with E-state index in [1.54, 1.807) is 27.4 Å². The fourth-order valence-electron chi connectivity index (χ4n) is 4.23. The lowest BCUT2D eigenvalue weighted by Crippen LogP contribution is -2.35. The molecule has 0 saturated carbocycles. The van der Waals surface area contributed by atoms with Gasteiger partial charge in [-0.2, -0.15) is 0 Å². The molecule has 0 unspecified atom stereocenters. The number of aromatic hydroxyl groups is 1. The number of benzene rings is 2. The minimum atomic E-state index is 0.141. The van der Waals surface area contributed by atoms with E-state index in [1.807, 2.05) is 6.07 Å². The van der Waals surface area contributed by atoms with Gasteiger partial charge in [0.1, 0.15) is 0 Å². The van der Waals surface area contributed by atoms with Gasteiger partial charge in [-0.15, -0.1) is 0 Å². The highest BCUT2D eigenvalue weighted by Crippen LogP contribution is 2.53. The quantitative estimate of drug-likeness (QED) is 0.929. The summed E-state index contributed by atoms with van der Waals surface area (Å²) in [7, 11) is 7.07. The standard InChI is InChI=1S/C20H23NO4/c1-21-6-5-11-8-17(24-3)20(25-4)19-13-10-15(22)16(23-2)9-12(13)7-14(21)18(11)19/h8-10,14,22H,5-7H2,1-4H3/t14-/m1/s1. The summed E-state index contributed by atoms with van der Waals surface area (Å²) < 4.78 is 16.6. The summed E-state index contributed by atoms with van der Waals surface area (Å²) in [5, 5.41) is 10.3. The summed E-state index contributed by atoms with van der Waals surface area (Å²) in [6, 6.07) is 6.12. The molecular weight excluding hydrogens is 318 g/mol. The Morgan fingerprint density at radius 2 is 1.72 bits per heavy atom. The molecule has 0 spiro atoms. The average molecular weight is 341 g/mol. The predicted octanol–water partition coefficient (Wildman–Crippen LogP) is 3.17. The Labute approximate surface area is 147 Å². The highest BCUT2D eigenvalue weighted by molar-refractivity contribution is 5.85. The van der Waals surface area contributed by atoms with Crippen molar-refractivity contribution >= 4 is 0 Å². The second-order valence-corrected chi connectivity index (χ2v) is 6.69. The number of hydrogen-bond acceptors (Lipinski definition) is 5. The Bertz CT molecular complexity index is 846. The van der Waals surface area contributed by atoms with E-state index in [4.69, 9.17) is 14.2 Å². The molecule has 25 heavy (non-hydrogen) atoms. The van der Waals surface area contributed by atoms with Gasteiger partial charge in [0.2, 0.25) is 0 Å². The van der Waals surface area contributed by atoms with Crippen LogP contribution in [0.3, 0.4) is 0 Å². The monoisotopic (exact) mass is 341 g/mol. The lowest BCUT2D eigenvalue weighted by atomic mass is 9.76. The molecule has 0 saturated heterocycles. The number of likely N-dealkylation sites (N-methyl/N-ethyl adjacent to an activating group) is 1. The van der Waals surface area contributed by atoms with Gasteiger partial charge in [-0.1, -0.05) is 0 Å². The van der Waals surface area contributed by atoms with Crippen molar-refractivity contribution in [1.29, 1.82) is 0 Å². The number of hydrogen-bond donors (Lipinski definition) is 1. The first-order valence-electron chi connectivity index (χ1n) is 8.47. The first-order chi connectivity index (χ1) is 12.1. The second-order valence-electron chi connectivity index (χ2n) is 6.69. The molecule has 0 aromatic heterocycles. The van der Waals surface area contributed by atoms with Crippen LogP contribution in [0, 0.1) is 0 Å². The van der Waals surface area contributed by atoms with E-state index in [0.717, 1.165) is 47.6 Å². The molecule has 5 heteroatoms. The molecular formula is C20H23NO4. The fourth-order valence-corrected chi connectivity index (χ4v) is 4.23. The zero-order valence-electron chi connectivity index (χ0n) is 15.0. The van der Waals surface area contributed by atoms with Crippen LogP contribution in [-0.4, -0.2) is 44.9 Å². The molecule has 2 aliphatic rings. The van der Waals surface area contributed by atoms with E-state index in [9.17, 15) is 5.11 Å². The van der Waals surface area contributed by atoms with Crippen molar-refractivity contribution in [2.24, 2.45) is 0 Å². The predicted molar refractivity (Wildman–Crippen MR) is 96.0 cm³/mol. The van der Waals surface area contributed by atoms with Crippen molar-refractivity contribution in [2.45, 2.75) is 18.9 Å². The third kappa shape index (κ3) is 2.26. The van der Waals surface area contributed by atoms with Crippen LogP contribution in [0.1, 0.15) is 22.7 Å². The molecule has 0 bridgehead atoms. The lowest BCUT2D eigenvalue weighted by molar-refractivity contribution is 0.226. The van der Waals surface area contributed by atoms with E-state index < -0.39 is 0 Å². The molecule has 0 fully saturated rings. The summed E-state index contributed by atoms with van der Waals surface area (Å²) in [4.78, 5) is 2.39. The van der Waals surface area contributed by atoms with Crippen molar-refractivity contribution in [3.63, 3.8) is 0 Å². The van der Waals surface area contributed by atoms with Gasteiger partial charge in [0, 0.05) is 18.2 Å². The number of phenols is 1. The molecule has 4 rings (SSSR count). The smallest absolute Gasteiger partial charge is 0.168 e. The zero-order valence-corrected chi connectivity index (χ0v) is 15.0. The number of rotatable bonds is 3. The van der Waals surface area contributed by atoms with Crippen LogP contribution >= 0.6 is 0 Å². The van der Waals surface area contributed by atoms with E-state index in [0.29, 0.717) is 11.8 Å². The molecule has 1 atom stereocenters. The summed E-state index contributed by atoms with van der Waals surface area (Å²) in [5.74, 6) is 2.11. The summed E-state index contributed by atoms with van der Waals surface area (Å²) in [6.45, 7) is 1.01. The second kappa shape index (κ2) is 5.85. The summed E-state index contributed by atoms with van der Waals surface area (Å²) >= 11 is 0. The van der Waals surface area contributed by atoms with Gasteiger partial charge >= 0.3 is 0 Å². The number of fused-ring (bicyclic) bond motifs is 2. The van der Waals surface area contributed by atoms with Gasteiger partial charge in [0.25, 0.3) is 0 Å². The third-order valence-electron chi connectivity index (χ3n) is 5.48. The van der Waals surface area contributed by atoms with Crippen molar-refractivity contribution in [1.82, 2.24) is 4.90 Å². The number of phenolic OH excluding ortho intramolecular Hbond substituents is 1. The first kappa shape index (κ1) is 16.1. The van der Waals surface area contributed by atoms with Gasteiger partial charge in [-0.25, -0.2) is 0 Å². The van der Waals surface area contributed by atoms with Crippen LogP contribution in [0.4, 0.5) is 0 Å². The molecule has 132 valence electrons. The van der Waals surface area contributed by atoms with Crippen LogP contribution in [0.5, 0.6) is 23.0 Å². The van der Waals surface area contributed by atoms with Gasteiger partial charge < -0.3 is 19.3 Å². The first-order valence-corrected chi connectivity index (χ1v) is 8.47. The SMILES string of the molecule is COc1cc2c(cc1O)-c1c(OC)c(OC)cc3c1[C@@H](C2)N(C)CC3. The van der Waals surface area contributed by atoms with Crippen LogP contribution in [0.25, 0.3) is 11.1 Å². The Morgan fingerprint density at radius 3 is 2.40 bits per heavy atom. The van der Waals surface area contributed by atoms with Crippen LogP contribution in [-0.2, 0) is 12.8 Å². The Kier molecular flexibility index (Phi) is 3.76. The third-order valence-corrected chi connectivity index (χ3v) is 5.48. The molecule has 2 aromatic rings. The Hall–Kier alpha value is -2.40. The average Bonchev–Trinajstić information content (AvgIpc) is 2.63. The molecule has 5 nitrogen and oxygen atoms in total. The van der Waals surface area contributed by atoms with Crippen molar-refractivity contribution in [3.05, 3.63) is 34.9 Å². The largest absolute Gasteiger partial charge is 0.504 e. The molecule has 2 aromatic carbocycles. The van der Waals surface area contributed by atoms with Crippen LogP contribution < -0.4 is 14.2 Å². The van der Waals surface area contributed by atoms with E-state index in [2.05, 4.69) is 18.0 Å². The number of nitrogens with zero attached hydrogens (tertiary/aromatic N) is 1. The van der Waals surface area contributed by atoms with Crippen molar-refractivity contribution in [3.8, 4) is 34.1 Å². The number of ether oxygens (including phenoxy) is 3. The Balaban J connectivity index is 2.07. The topological polar surface area (TPSA) is 51.2 Å². The molecule has 0 radical (unpaired) electrons. The van der Waals surface area contributed by atoms with Crippen molar-refractivity contribution in [2.75, 3.05) is 34.9 Å².